The molecule has 0 saturated carbocycles. The van der Waals surface area contributed by atoms with Gasteiger partial charge in [-0.05, 0) is 26.2 Å². The number of rotatable bonds is 5. The van der Waals surface area contributed by atoms with Gasteiger partial charge in [0, 0.05) is 20.1 Å². The molecule has 0 spiro atoms. The van der Waals surface area contributed by atoms with E-state index >= 15 is 0 Å². The molecule has 1 heterocycles. The number of nitrogens with zero attached hydrogens (tertiary/aromatic N) is 3. The van der Waals surface area contributed by atoms with Crippen LogP contribution in [0.2, 0.25) is 0 Å². The van der Waals surface area contributed by atoms with Crippen LogP contribution >= 0.6 is 0 Å². The molecule has 1 aromatic heterocycles. The SMILES string of the molecule is CN(C)CCN(C)c1cccc(C(N)=O)n1. The number of hydrogen-bond donors (Lipinski definition) is 1. The van der Waals surface area contributed by atoms with Crippen LogP contribution < -0.4 is 10.6 Å². The second-order valence-corrected chi connectivity index (χ2v) is 3.97. The molecule has 0 aliphatic carbocycles. The Labute approximate surface area is 95.9 Å². The highest BCUT2D eigenvalue weighted by atomic mass is 16.1. The van der Waals surface area contributed by atoms with Crippen molar-refractivity contribution in [3.05, 3.63) is 23.9 Å². The number of likely N-dealkylation sites (N-methyl/N-ethyl adjacent to an activating group) is 2. The van der Waals surface area contributed by atoms with Crippen LogP contribution in [0, 0.1) is 0 Å². The fraction of sp³-hybridized carbons (Fsp3) is 0.455. The van der Waals surface area contributed by atoms with Crippen molar-refractivity contribution in [3.63, 3.8) is 0 Å². The zero-order chi connectivity index (χ0) is 12.1. The normalized spacial score (nSPS) is 10.5. The molecule has 1 rings (SSSR count). The number of primary amides is 1. The molecule has 0 aliphatic rings. The molecule has 16 heavy (non-hydrogen) atoms. The van der Waals surface area contributed by atoms with Gasteiger partial charge in [-0.25, -0.2) is 4.98 Å². The maximum absolute atomic E-state index is 11.0. The minimum atomic E-state index is -0.497. The van der Waals surface area contributed by atoms with Gasteiger partial charge in [-0.15, -0.1) is 0 Å². The summed E-state index contributed by atoms with van der Waals surface area (Å²) in [7, 11) is 5.97. The van der Waals surface area contributed by atoms with Crippen molar-refractivity contribution in [2.45, 2.75) is 0 Å². The first-order chi connectivity index (χ1) is 7.50. The van der Waals surface area contributed by atoms with Crippen molar-refractivity contribution in [1.82, 2.24) is 9.88 Å². The Morgan fingerprint density at radius 2 is 2.00 bits per heavy atom. The quantitative estimate of drug-likeness (QED) is 0.772. The lowest BCUT2D eigenvalue weighted by Crippen LogP contribution is -2.29. The van der Waals surface area contributed by atoms with Crippen molar-refractivity contribution < 1.29 is 4.79 Å². The average Bonchev–Trinajstić information content (AvgIpc) is 2.26. The average molecular weight is 222 g/mol. The zero-order valence-corrected chi connectivity index (χ0v) is 9.97. The number of amides is 1. The van der Waals surface area contributed by atoms with E-state index in [-0.39, 0.29) is 0 Å². The molecule has 0 radical (unpaired) electrons. The van der Waals surface area contributed by atoms with Crippen LogP contribution in [0.5, 0.6) is 0 Å². The van der Waals surface area contributed by atoms with Gasteiger partial charge in [-0.3, -0.25) is 4.79 Å². The largest absolute Gasteiger partial charge is 0.364 e. The Balaban J connectivity index is 2.71. The summed E-state index contributed by atoms with van der Waals surface area (Å²) >= 11 is 0. The molecule has 5 nitrogen and oxygen atoms in total. The van der Waals surface area contributed by atoms with Gasteiger partial charge in [0.15, 0.2) is 0 Å². The number of pyridine rings is 1. The molecule has 0 aromatic carbocycles. The van der Waals surface area contributed by atoms with Gasteiger partial charge in [0.25, 0.3) is 5.91 Å². The van der Waals surface area contributed by atoms with Crippen molar-refractivity contribution in [2.75, 3.05) is 39.1 Å². The molecular formula is C11H18N4O. The summed E-state index contributed by atoms with van der Waals surface area (Å²) < 4.78 is 0. The molecule has 0 unspecified atom stereocenters. The minimum absolute atomic E-state index is 0.300. The highest BCUT2D eigenvalue weighted by Gasteiger charge is 2.06. The Morgan fingerprint density at radius 3 is 2.56 bits per heavy atom. The van der Waals surface area contributed by atoms with Crippen molar-refractivity contribution >= 4 is 11.7 Å². The lowest BCUT2D eigenvalue weighted by molar-refractivity contribution is 0.0995. The van der Waals surface area contributed by atoms with Crippen LogP contribution in [0.25, 0.3) is 0 Å². The lowest BCUT2D eigenvalue weighted by atomic mass is 10.3. The smallest absolute Gasteiger partial charge is 0.267 e. The van der Waals surface area contributed by atoms with Gasteiger partial charge in [-0.1, -0.05) is 6.07 Å². The van der Waals surface area contributed by atoms with E-state index in [1.165, 1.54) is 0 Å². The molecule has 1 aromatic rings. The number of anilines is 1. The van der Waals surface area contributed by atoms with E-state index in [0.29, 0.717) is 5.69 Å². The summed E-state index contributed by atoms with van der Waals surface area (Å²) in [6.45, 7) is 1.78. The molecule has 0 atom stereocenters. The zero-order valence-electron chi connectivity index (χ0n) is 9.97. The summed E-state index contributed by atoms with van der Waals surface area (Å²) in [4.78, 5) is 19.2. The van der Waals surface area contributed by atoms with Crippen LogP contribution in [-0.4, -0.2) is 50.0 Å². The molecule has 1 amide bonds. The first kappa shape index (κ1) is 12.4. The molecule has 2 N–H and O–H groups in total. The van der Waals surface area contributed by atoms with Crippen LogP contribution in [0.1, 0.15) is 10.5 Å². The molecule has 5 heteroatoms. The van der Waals surface area contributed by atoms with E-state index in [0.717, 1.165) is 18.9 Å². The summed E-state index contributed by atoms with van der Waals surface area (Å²) in [5.74, 6) is 0.265. The summed E-state index contributed by atoms with van der Waals surface area (Å²) in [6, 6.07) is 5.27. The van der Waals surface area contributed by atoms with E-state index < -0.39 is 5.91 Å². The van der Waals surface area contributed by atoms with Crippen molar-refractivity contribution in [3.8, 4) is 0 Å². The van der Waals surface area contributed by atoms with Crippen LogP contribution in [0.3, 0.4) is 0 Å². The number of hydrogen-bond acceptors (Lipinski definition) is 4. The third-order valence-electron chi connectivity index (χ3n) is 2.26. The summed E-state index contributed by atoms with van der Waals surface area (Å²) in [5.41, 5.74) is 5.48. The molecule has 0 bridgehead atoms. The predicted molar refractivity (Wildman–Crippen MR) is 64.6 cm³/mol. The standard InChI is InChI=1S/C11H18N4O/c1-14(2)7-8-15(3)10-6-4-5-9(13-10)11(12)16/h4-6H,7-8H2,1-3H3,(H2,12,16). The Kier molecular flexibility index (Phi) is 4.25. The van der Waals surface area contributed by atoms with E-state index in [2.05, 4.69) is 9.88 Å². The van der Waals surface area contributed by atoms with E-state index in [9.17, 15) is 4.79 Å². The molecule has 0 aliphatic heterocycles. The highest BCUT2D eigenvalue weighted by Crippen LogP contribution is 2.08. The Bertz CT molecular complexity index is 365. The molecule has 88 valence electrons. The maximum Gasteiger partial charge on any atom is 0.267 e. The maximum atomic E-state index is 11.0. The lowest BCUT2D eigenvalue weighted by Gasteiger charge is -2.20. The van der Waals surface area contributed by atoms with Crippen LogP contribution in [0.4, 0.5) is 5.82 Å². The Hall–Kier alpha value is -1.62. The third kappa shape index (κ3) is 3.51. The topological polar surface area (TPSA) is 62.5 Å². The number of aromatic nitrogens is 1. The van der Waals surface area contributed by atoms with E-state index in [1.807, 2.05) is 32.1 Å². The first-order valence-electron chi connectivity index (χ1n) is 5.13. The second-order valence-electron chi connectivity index (χ2n) is 3.97. The van der Waals surface area contributed by atoms with E-state index in [4.69, 9.17) is 5.73 Å². The highest BCUT2D eigenvalue weighted by molar-refractivity contribution is 5.91. The van der Waals surface area contributed by atoms with E-state index in [1.54, 1.807) is 12.1 Å². The second kappa shape index (κ2) is 5.46. The Morgan fingerprint density at radius 1 is 1.31 bits per heavy atom. The third-order valence-corrected chi connectivity index (χ3v) is 2.26. The summed E-state index contributed by atoms with van der Waals surface area (Å²) in [6.07, 6.45) is 0. The molecule has 0 fully saturated rings. The van der Waals surface area contributed by atoms with Gasteiger partial charge in [0.1, 0.15) is 11.5 Å². The predicted octanol–water partition coefficient (Wildman–Crippen LogP) is 0.178. The number of nitrogens with two attached hydrogens (primary N) is 1. The fourth-order valence-corrected chi connectivity index (χ4v) is 1.24. The fourth-order valence-electron chi connectivity index (χ4n) is 1.24. The van der Waals surface area contributed by atoms with Gasteiger partial charge >= 0.3 is 0 Å². The number of carbonyl (C=O) groups is 1. The van der Waals surface area contributed by atoms with Gasteiger partial charge < -0.3 is 15.5 Å². The van der Waals surface area contributed by atoms with Crippen molar-refractivity contribution in [1.29, 1.82) is 0 Å². The minimum Gasteiger partial charge on any atom is -0.364 e. The van der Waals surface area contributed by atoms with Gasteiger partial charge in [0.2, 0.25) is 0 Å². The number of carbonyl (C=O) groups excluding carboxylic acids is 1. The van der Waals surface area contributed by atoms with Crippen molar-refractivity contribution in [2.24, 2.45) is 5.73 Å². The van der Waals surface area contributed by atoms with Crippen LogP contribution in [0.15, 0.2) is 18.2 Å². The van der Waals surface area contributed by atoms with Crippen LogP contribution in [-0.2, 0) is 0 Å². The van der Waals surface area contributed by atoms with Gasteiger partial charge in [-0.2, -0.15) is 0 Å². The summed E-state index contributed by atoms with van der Waals surface area (Å²) in [5, 5.41) is 0. The first-order valence-corrected chi connectivity index (χ1v) is 5.13. The molecule has 0 saturated heterocycles. The molecular weight excluding hydrogens is 204 g/mol. The van der Waals surface area contributed by atoms with Gasteiger partial charge in [0.05, 0.1) is 0 Å². The monoisotopic (exact) mass is 222 g/mol.